The van der Waals surface area contributed by atoms with Crippen molar-refractivity contribution in [1.82, 2.24) is 15.2 Å². The predicted octanol–water partition coefficient (Wildman–Crippen LogP) is 5.47. The number of aromatic hydroxyl groups is 1. The number of aromatic nitrogens is 3. The molecule has 0 fully saturated rings. The number of halogens is 3. The van der Waals surface area contributed by atoms with E-state index in [1.807, 2.05) is 0 Å². The number of hydrogen-bond donors (Lipinski definition) is 3. The molecule has 0 unspecified atom stereocenters. The van der Waals surface area contributed by atoms with Crippen molar-refractivity contribution in [3.05, 3.63) is 55.3 Å². The van der Waals surface area contributed by atoms with E-state index in [2.05, 4.69) is 31.1 Å². The van der Waals surface area contributed by atoms with Gasteiger partial charge in [-0.1, -0.05) is 39.1 Å². The van der Waals surface area contributed by atoms with Gasteiger partial charge in [-0.05, 0) is 48.2 Å². The Kier molecular flexibility index (Phi) is 6.74. The first-order valence-corrected chi connectivity index (χ1v) is 10.2. The lowest BCUT2D eigenvalue weighted by Gasteiger charge is -2.06. The topological polar surface area (TPSA) is 108 Å². The Morgan fingerprint density at radius 1 is 1.31 bits per heavy atom. The van der Waals surface area contributed by atoms with Crippen LogP contribution >= 0.6 is 50.9 Å². The number of hydrogen-bond acceptors (Lipinski definition) is 6. The number of benzene rings is 2. The summed E-state index contributed by atoms with van der Waals surface area (Å²) < 4.78 is 5.89. The van der Waals surface area contributed by atoms with Crippen LogP contribution in [-0.4, -0.2) is 38.5 Å². The fraction of sp³-hybridized carbons (Fsp3) is 0.0556. The van der Waals surface area contributed by atoms with Gasteiger partial charge in [0.1, 0.15) is 16.4 Å². The van der Waals surface area contributed by atoms with Crippen LogP contribution in [-0.2, 0) is 4.79 Å². The number of nitrogens with one attached hydrogen (secondary N) is 1. The quantitative estimate of drug-likeness (QED) is 0.294. The molecule has 29 heavy (non-hydrogen) atoms. The van der Waals surface area contributed by atoms with Crippen LogP contribution in [0.15, 0.2) is 44.9 Å². The molecule has 0 amide bonds. The molecular formula is C18H12BrCl2N3O4S. The van der Waals surface area contributed by atoms with Gasteiger partial charge in [-0.15, -0.1) is 5.10 Å². The van der Waals surface area contributed by atoms with Gasteiger partial charge >= 0.3 is 5.97 Å². The second-order valence-corrected chi connectivity index (χ2v) is 8.32. The lowest BCUT2D eigenvalue weighted by molar-refractivity contribution is -0.131. The SMILES string of the molecule is COc1ccc(Cl)cc1-c1nc(S/C(=C\c2cc(Br)cc(Cl)c2O)C(=O)O)n[nH]1. The lowest BCUT2D eigenvalue weighted by atomic mass is 10.2. The molecule has 11 heteroatoms. The summed E-state index contributed by atoms with van der Waals surface area (Å²) in [6, 6.07) is 8.07. The number of rotatable bonds is 6. The van der Waals surface area contributed by atoms with Gasteiger partial charge in [0.2, 0.25) is 5.16 Å². The normalized spacial score (nSPS) is 11.5. The summed E-state index contributed by atoms with van der Waals surface area (Å²) in [5.74, 6) is -0.541. The van der Waals surface area contributed by atoms with E-state index in [1.165, 1.54) is 19.3 Å². The van der Waals surface area contributed by atoms with Gasteiger partial charge in [0.25, 0.3) is 0 Å². The minimum atomic E-state index is -1.21. The Morgan fingerprint density at radius 2 is 2.07 bits per heavy atom. The van der Waals surface area contributed by atoms with E-state index in [1.54, 1.807) is 24.3 Å². The van der Waals surface area contributed by atoms with Crippen LogP contribution in [0, 0.1) is 0 Å². The monoisotopic (exact) mass is 515 g/mol. The fourth-order valence-electron chi connectivity index (χ4n) is 2.35. The molecule has 0 radical (unpaired) electrons. The average Bonchev–Trinajstić information content (AvgIpc) is 3.13. The highest BCUT2D eigenvalue weighted by molar-refractivity contribution is 9.10. The first-order valence-electron chi connectivity index (χ1n) is 7.85. The fourth-order valence-corrected chi connectivity index (χ4v) is 4.05. The zero-order valence-electron chi connectivity index (χ0n) is 14.6. The number of phenolic OH excluding ortho intramolecular Hbond substituents is 1. The van der Waals surface area contributed by atoms with Crippen LogP contribution in [0.4, 0.5) is 0 Å². The number of phenols is 1. The maximum absolute atomic E-state index is 11.7. The summed E-state index contributed by atoms with van der Waals surface area (Å²) in [7, 11) is 1.51. The van der Waals surface area contributed by atoms with E-state index < -0.39 is 5.97 Å². The smallest absolute Gasteiger partial charge is 0.342 e. The minimum Gasteiger partial charge on any atom is -0.506 e. The van der Waals surface area contributed by atoms with Crippen LogP contribution in [0.3, 0.4) is 0 Å². The second kappa shape index (κ2) is 9.08. The van der Waals surface area contributed by atoms with Gasteiger partial charge < -0.3 is 14.9 Å². The van der Waals surface area contributed by atoms with Gasteiger partial charge in [-0.3, -0.25) is 5.10 Å². The van der Waals surface area contributed by atoms with E-state index in [4.69, 9.17) is 27.9 Å². The summed E-state index contributed by atoms with van der Waals surface area (Å²) in [5.41, 5.74) is 0.818. The highest BCUT2D eigenvalue weighted by Crippen LogP contribution is 2.36. The van der Waals surface area contributed by atoms with Gasteiger partial charge in [0.05, 0.1) is 17.7 Å². The van der Waals surface area contributed by atoms with E-state index in [0.29, 0.717) is 26.6 Å². The Morgan fingerprint density at radius 3 is 2.76 bits per heavy atom. The van der Waals surface area contributed by atoms with Gasteiger partial charge in [0.15, 0.2) is 5.82 Å². The second-order valence-electron chi connectivity index (χ2n) is 5.55. The Labute approximate surface area is 187 Å². The summed E-state index contributed by atoms with van der Waals surface area (Å²) in [6.45, 7) is 0. The van der Waals surface area contributed by atoms with Crippen molar-refractivity contribution in [3.63, 3.8) is 0 Å². The molecule has 0 spiro atoms. The maximum atomic E-state index is 11.7. The van der Waals surface area contributed by atoms with E-state index in [9.17, 15) is 15.0 Å². The van der Waals surface area contributed by atoms with Crippen molar-refractivity contribution in [2.75, 3.05) is 7.11 Å². The summed E-state index contributed by atoms with van der Waals surface area (Å²) in [4.78, 5) is 15.9. The molecule has 0 saturated carbocycles. The maximum Gasteiger partial charge on any atom is 0.342 e. The molecule has 0 aliphatic heterocycles. The van der Waals surface area contributed by atoms with Crippen molar-refractivity contribution >= 4 is 62.9 Å². The molecule has 150 valence electrons. The van der Waals surface area contributed by atoms with Crippen molar-refractivity contribution < 1.29 is 19.7 Å². The predicted molar refractivity (Wildman–Crippen MR) is 116 cm³/mol. The number of aromatic amines is 1. The molecule has 0 saturated heterocycles. The number of H-pyrrole nitrogens is 1. The number of thioether (sulfide) groups is 1. The van der Waals surface area contributed by atoms with Gasteiger partial charge in [-0.25, -0.2) is 9.78 Å². The van der Waals surface area contributed by atoms with E-state index >= 15 is 0 Å². The molecule has 0 bridgehead atoms. The van der Waals surface area contributed by atoms with Crippen LogP contribution in [0.25, 0.3) is 17.5 Å². The van der Waals surface area contributed by atoms with Crippen LogP contribution in [0.2, 0.25) is 10.0 Å². The van der Waals surface area contributed by atoms with Crippen LogP contribution < -0.4 is 4.74 Å². The van der Waals surface area contributed by atoms with E-state index in [0.717, 1.165) is 11.8 Å². The number of carboxylic acid groups (broad SMARTS) is 1. The third kappa shape index (κ3) is 5.05. The number of nitrogens with zero attached hydrogens (tertiary/aromatic N) is 2. The number of carboxylic acids is 1. The number of aliphatic carboxylic acids is 1. The van der Waals surface area contributed by atoms with Crippen LogP contribution in [0.5, 0.6) is 11.5 Å². The molecule has 7 nitrogen and oxygen atoms in total. The molecule has 3 rings (SSSR count). The van der Waals surface area contributed by atoms with Crippen molar-refractivity contribution in [3.8, 4) is 22.9 Å². The lowest BCUT2D eigenvalue weighted by Crippen LogP contribution is -1.97. The van der Waals surface area contributed by atoms with Crippen molar-refractivity contribution in [1.29, 1.82) is 0 Å². The molecule has 0 atom stereocenters. The third-order valence-corrected chi connectivity index (χ3v) is 5.50. The molecule has 3 aromatic rings. The molecule has 2 aromatic carbocycles. The van der Waals surface area contributed by atoms with E-state index in [-0.39, 0.29) is 26.4 Å². The molecule has 3 N–H and O–H groups in total. The third-order valence-electron chi connectivity index (χ3n) is 3.64. The molecule has 0 aliphatic carbocycles. The molecule has 1 heterocycles. The van der Waals surface area contributed by atoms with Crippen LogP contribution in [0.1, 0.15) is 5.56 Å². The Hall–Kier alpha value is -2.20. The van der Waals surface area contributed by atoms with Gasteiger partial charge in [0, 0.05) is 15.1 Å². The summed E-state index contributed by atoms with van der Waals surface area (Å²) in [6.07, 6.45) is 1.29. The zero-order chi connectivity index (χ0) is 21.1. The highest BCUT2D eigenvalue weighted by Gasteiger charge is 2.17. The molecule has 0 aliphatic rings. The Balaban J connectivity index is 1.95. The number of methoxy groups -OCH3 is 1. The summed E-state index contributed by atoms with van der Waals surface area (Å²) >= 11 is 16.0. The molecular weight excluding hydrogens is 505 g/mol. The summed E-state index contributed by atoms with van der Waals surface area (Å²) in [5, 5.41) is 27.2. The van der Waals surface area contributed by atoms with Crippen molar-refractivity contribution in [2.24, 2.45) is 0 Å². The zero-order valence-corrected chi connectivity index (χ0v) is 18.5. The van der Waals surface area contributed by atoms with Gasteiger partial charge in [-0.2, -0.15) is 0 Å². The molecule has 1 aromatic heterocycles. The Bertz CT molecular complexity index is 1120. The van der Waals surface area contributed by atoms with Crippen molar-refractivity contribution in [2.45, 2.75) is 5.16 Å². The first-order chi connectivity index (χ1) is 13.8. The highest BCUT2D eigenvalue weighted by atomic mass is 79.9. The number of carbonyl (C=O) groups is 1. The number of ether oxygens (including phenoxy) is 1. The first kappa shape index (κ1) is 21.5. The largest absolute Gasteiger partial charge is 0.506 e. The minimum absolute atomic E-state index is 0.0913. The standard InChI is InChI=1S/C18H12BrCl2N3O4S/c1-28-13-3-2-10(20)7-11(13)16-22-18(24-23-16)29-14(17(26)27)5-8-4-9(19)6-12(21)15(8)25/h2-7,25H,1H3,(H,26,27)(H,22,23,24)/b14-5-. The average molecular weight is 517 g/mol.